The van der Waals surface area contributed by atoms with Crippen molar-refractivity contribution >= 4 is 17.3 Å². The van der Waals surface area contributed by atoms with E-state index in [4.69, 9.17) is 10.8 Å². The van der Waals surface area contributed by atoms with Gasteiger partial charge >= 0.3 is 5.97 Å². The molecule has 1 aromatic rings. The van der Waals surface area contributed by atoms with Crippen LogP contribution in [0.4, 0.5) is 11.4 Å². The number of rotatable bonds is 3. The van der Waals surface area contributed by atoms with Crippen molar-refractivity contribution in [1.82, 2.24) is 0 Å². The minimum absolute atomic E-state index is 0.132. The molecule has 0 spiro atoms. The molecule has 1 fully saturated rings. The Balaban J connectivity index is 2.25. The van der Waals surface area contributed by atoms with E-state index in [2.05, 4.69) is 0 Å². The summed E-state index contributed by atoms with van der Waals surface area (Å²) in [6.45, 7) is 3.29. The number of aromatic carboxylic acids is 1. The Morgan fingerprint density at radius 1 is 1.56 bits per heavy atom. The summed E-state index contributed by atoms with van der Waals surface area (Å²) in [5, 5.41) is 18.6. The van der Waals surface area contributed by atoms with Gasteiger partial charge in [0.25, 0.3) is 0 Å². The third-order valence-electron chi connectivity index (χ3n) is 3.56. The fourth-order valence-corrected chi connectivity index (χ4v) is 2.42. The monoisotopic (exact) mass is 250 g/mol. The number of nitrogen functional groups attached to an aromatic ring is 1. The maximum absolute atomic E-state index is 11.0. The maximum Gasteiger partial charge on any atom is 0.337 e. The minimum Gasteiger partial charge on any atom is -0.478 e. The van der Waals surface area contributed by atoms with Crippen molar-refractivity contribution in [3.63, 3.8) is 0 Å². The lowest BCUT2D eigenvalue weighted by Gasteiger charge is -2.22. The number of hydrogen-bond donors (Lipinski definition) is 3. The zero-order valence-electron chi connectivity index (χ0n) is 10.3. The van der Waals surface area contributed by atoms with Gasteiger partial charge in [-0.3, -0.25) is 0 Å². The maximum atomic E-state index is 11.0. The van der Waals surface area contributed by atoms with Gasteiger partial charge in [0.15, 0.2) is 0 Å². The first-order chi connectivity index (χ1) is 8.50. The van der Waals surface area contributed by atoms with Gasteiger partial charge in [-0.15, -0.1) is 0 Å². The lowest BCUT2D eigenvalue weighted by atomic mass is 10.0. The van der Waals surface area contributed by atoms with Crippen LogP contribution in [0.2, 0.25) is 0 Å². The Morgan fingerprint density at radius 3 is 2.83 bits per heavy atom. The second-order valence-corrected chi connectivity index (χ2v) is 4.78. The molecule has 0 saturated carbocycles. The van der Waals surface area contributed by atoms with Gasteiger partial charge in [0.1, 0.15) is 0 Å². The first-order valence-electron chi connectivity index (χ1n) is 6.05. The number of nitrogens with two attached hydrogens (primary N) is 1. The fourth-order valence-electron chi connectivity index (χ4n) is 2.42. The summed E-state index contributed by atoms with van der Waals surface area (Å²) < 4.78 is 0. The van der Waals surface area contributed by atoms with E-state index in [1.807, 2.05) is 11.0 Å². The quantitative estimate of drug-likeness (QED) is 0.701. The van der Waals surface area contributed by atoms with Crippen LogP contribution in [-0.4, -0.2) is 35.4 Å². The van der Waals surface area contributed by atoms with Gasteiger partial charge < -0.3 is 20.8 Å². The highest BCUT2D eigenvalue weighted by molar-refractivity contribution is 5.97. The molecular formula is C13H18N2O3. The topological polar surface area (TPSA) is 86.8 Å². The summed E-state index contributed by atoms with van der Waals surface area (Å²) >= 11 is 0. The van der Waals surface area contributed by atoms with Crippen LogP contribution in [0.1, 0.15) is 23.7 Å². The summed E-state index contributed by atoms with van der Waals surface area (Å²) in [5.41, 5.74) is 7.08. The van der Waals surface area contributed by atoms with E-state index < -0.39 is 5.97 Å². The predicted octanol–water partition coefficient (Wildman–Crippen LogP) is 1.17. The van der Waals surface area contributed by atoms with Crippen LogP contribution in [0.5, 0.6) is 0 Å². The van der Waals surface area contributed by atoms with E-state index >= 15 is 0 Å². The Labute approximate surface area is 106 Å². The Hall–Kier alpha value is -1.75. The minimum atomic E-state index is -1.01. The molecule has 18 heavy (non-hydrogen) atoms. The van der Waals surface area contributed by atoms with E-state index in [9.17, 15) is 9.90 Å². The number of benzene rings is 1. The molecule has 0 aromatic heterocycles. The number of para-hydroxylation sites is 1. The Bertz CT molecular complexity index is 460. The zero-order valence-corrected chi connectivity index (χ0v) is 10.3. The van der Waals surface area contributed by atoms with Gasteiger partial charge in [0.2, 0.25) is 0 Å². The molecule has 1 aliphatic rings. The third kappa shape index (κ3) is 2.26. The van der Waals surface area contributed by atoms with E-state index in [1.165, 1.54) is 6.07 Å². The van der Waals surface area contributed by atoms with Crippen LogP contribution in [-0.2, 0) is 0 Å². The highest BCUT2D eigenvalue weighted by atomic mass is 16.4. The molecule has 0 aliphatic carbocycles. The summed E-state index contributed by atoms with van der Waals surface area (Å²) in [5.74, 6) is -0.793. The van der Waals surface area contributed by atoms with Crippen LogP contribution in [0, 0.1) is 5.92 Å². The smallest absolute Gasteiger partial charge is 0.337 e. The number of aliphatic hydroxyl groups is 1. The number of carboxylic acids is 1. The molecule has 5 nitrogen and oxygen atoms in total. The molecule has 5 heteroatoms. The van der Waals surface area contributed by atoms with Gasteiger partial charge in [-0.2, -0.15) is 0 Å². The van der Waals surface area contributed by atoms with Gasteiger partial charge in [-0.05, 0) is 25.5 Å². The average Bonchev–Trinajstić information content (AvgIpc) is 2.78. The van der Waals surface area contributed by atoms with Gasteiger partial charge in [0, 0.05) is 19.0 Å². The fraction of sp³-hybridized carbons (Fsp3) is 0.462. The molecule has 1 saturated heterocycles. The number of carbonyl (C=O) groups is 1. The third-order valence-corrected chi connectivity index (χ3v) is 3.56. The van der Waals surface area contributed by atoms with Crippen LogP contribution in [0.3, 0.4) is 0 Å². The zero-order chi connectivity index (χ0) is 13.3. The average molecular weight is 250 g/mol. The lowest BCUT2D eigenvalue weighted by Crippen LogP contribution is -2.25. The standard InChI is InChI=1S/C13H18N2O3/c1-8(16)9-5-6-15(7-9)11-4-2-3-10(12(11)14)13(17)18/h2-4,8-9,16H,5-7,14H2,1H3,(H,17,18). The van der Waals surface area contributed by atoms with Crippen LogP contribution in [0.15, 0.2) is 18.2 Å². The van der Waals surface area contributed by atoms with E-state index in [1.54, 1.807) is 13.0 Å². The first kappa shape index (κ1) is 12.7. The van der Waals surface area contributed by atoms with Crippen molar-refractivity contribution in [1.29, 1.82) is 0 Å². The highest BCUT2D eigenvalue weighted by Crippen LogP contribution is 2.32. The van der Waals surface area contributed by atoms with Gasteiger partial charge in [-0.25, -0.2) is 4.79 Å². The number of carboxylic acid groups (broad SMARTS) is 1. The molecule has 1 aromatic carbocycles. The predicted molar refractivity (Wildman–Crippen MR) is 69.8 cm³/mol. The first-order valence-corrected chi connectivity index (χ1v) is 6.05. The number of anilines is 2. The number of hydrogen-bond acceptors (Lipinski definition) is 4. The van der Waals surface area contributed by atoms with Gasteiger partial charge in [-0.1, -0.05) is 6.07 Å². The van der Waals surface area contributed by atoms with Crippen molar-refractivity contribution in [3.8, 4) is 0 Å². The molecule has 0 bridgehead atoms. The lowest BCUT2D eigenvalue weighted by molar-refractivity contribution is 0.0698. The normalized spacial score (nSPS) is 21.0. The summed E-state index contributed by atoms with van der Waals surface area (Å²) in [6.07, 6.45) is 0.549. The molecule has 2 atom stereocenters. The molecule has 4 N–H and O–H groups in total. The van der Waals surface area contributed by atoms with E-state index in [0.717, 1.165) is 18.7 Å². The molecular weight excluding hydrogens is 232 g/mol. The molecule has 98 valence electrons. The molecule has 0 amide bonds. The molecule has 1 aliphatic heterocycles. The number of aliphatic hydroxyl groups excluding tert-OH is 1. The van der Waals surface area contributed by atoms with Crippen molar-refractivity contribution in [3.05, 3.63) is 23.8 Å². The summed E-state index contributed by atoms with van der Waals surface area (Å²) in [4.78, 5) is 13.1. The van der Waals surface area contributed by atoms with Crippen molar-refractivity contribution < 1.29 is 15.0 Å². The summed E-state index contributed by atoms with van der Waals surface area (Å²) in [7, 11) is 0. The second-order valence-electron chi connectivity index (χ2n) is 4.78. The van der Waals surface area contributed by atoms with Crippen LogP contribution in [0.25, 0.3) is 0 Å². The highest BCUT2D eigenvalue weighted by Gasteiger charge is 2.27. The Kier molecular flexibility index (Phi) is 3.43. The largest absolute Gasteiger partial charge is 0.478 e. The number of nitrogens with zero attached hydrogens (tertiary/aromatic N) is 1. The van der Waals surface area contributed by atoms with Crippen molar-refractivity contribution in [2.45, 2.75) is 19.4 Å². The van der Waals surface area contributed by atoms with Crippen LogP contribution < -0.4 is 10.6 Å². The van der Waals surface area contributed by atoms with Crippen LogP contribution >= 0.6 is 0 Å². The summed E-state index contributed by atoms with van der Waals surface area (Å²) in [6, 6.07) is 5.03. The Morgan fingerprint density at radius 2 is 2.28 bits per heavy atom. The molecule has 0 radical (unpaired) electrons. The van der Waals surface area contributed by atoms with E-state index in [-0.39, 0.29) is 17.6 Å². The van der Waals surface area contributed by atoms with Gasteiger partial charge in [0.05, 0.1) is 23.0 Å². The second kappa shape index (κ2) is 4.86. The van der Waals surface area contributed by atoms with Crippen molar-refractivity contribution in [2.75, 3.05) is 23.7 Å². The SMILES string of the molecule is CC(O)C1CCN(c2cccc(C(=O)O)c2N)C1. The molecule has 2 unspecified atom stereocenters. The van der Waals surface area contributed by atoms with E-state index in [0.29, 0.717) is 12.2 Å². The molecule has 2 rings (SSSR count). The molecule has 1 heterocycles. The van der Waals surface area contributed by atoms with Crippen molar-refractivity contribution in [2.24, 2.45) is 5.92 Å².